The molecule has 3 aliphatic heterocycles. The molecule has 1 aromatic carbocycles. The van der Waals surface area contributed by atoms with Gasteiger partial charge in [-0.15, -0.1) is 11.3 Å². The van der Waals surface area contributed by atoms with Gasteiger partial charge in [0.15, 0.2) is 0 Å². The van der Waals surface area contributed by atoms with Crippen molar-refractivity contribution in [3.8, 4) is 0 Å². The van der Waals surface area contributed by atoms with Gasteiger partial charge in [0.05, 0.1) is 11.0 Å². The fourth-order valence-corrected chi connectivity index (χ4v) is 7.75. The van der Waals surface area contributed by atoms with Crippen LogP contribution in [-0.2, 0) is 17.8 Å². The summed E-state index contributed by atoms with van der Waals surface area (Å²) in [6, 6.07) is 15.1. The maximum absolute atomic E-state index is 13.6. The van der Waals surface area contributed by atoms with Crippen molar-refractivity contribution < 1.29 is 4.79 Å². The molecule has 1 amide bonds. The molecule has 0 radical (unpaired) electrons. The molecule has 4 bridgehead atoms. The fourth-order valence-electron chi connectivity index (χ4n) is 6.94. The summed E-state index contributed by atoms with van der Waals surface area (Å²) in [6.07, 6.45) is 5.98. The van der Waals surface area contributed by atoms with Crippen LogP contribution in [-0.4, -0.2) is 35.1 Å². The van der Waals surface area contributed by atoms with Gasteiger partial charge >= 0.3 is 0 Å². The van der Waals surface area contributed by atoms with Gasteiger partial charge in [0.25, 0.3) is 0 Å². The first-order valence-electron chi connectivity index (χ1n) is 11.6. The van der Waals surface area contributed by atoms with E-state index in [9.17, 15) is 4.79 Å². The van der Waals surface area contributed by atoms with E-state index in [0.29, 0.717) is 17.8 Å². The molecular weight excluding hydrogens is 402 g/mol. The van der Waals surface area contributed by atoms with Gasteiger partial charge in [-0.05, 0) is 54.7 Å². The van der Waals surface area contributed by atoms with Crippen LogP contribution < -0.4 is 5.73 Å². The second-order valence-electron chi connectivity index (χ2n) is 10.2. The number of carbonyl (C=O) groups is 1. The molecule has 4 aliphatic rings. The minimum atomic E-state index is -0.643. The van der Waals surface area contributed by atoms with Crippen molar-refractivity contribution in [2.45, 2.75) is 57.7 Å². The van der Waals surface area contributed by atoms with Crippen LogP contribution in [0.15, 0.2) is 52.8 Å². The van der Waals surface area contributed by atoms with E-state index < -0.39 is 11.0 Å². The van der Waals surface area contributed by atoms with E-state index >= 15 is 0 Å². The number of hydrogen-bond acceptors (Lipinski definition) is 4. The molecule has 2 fully saturated rings. The number of hydrogen-bond donors (Lipinski definition) is 1. The van der Waals surface area contributed by atoms with E-state index in [2.05, 4.69) is 72.8 Å². The highest BCUT2D eigenvalue weighted by Crippen LogP contribution is 2.61. The molecule has 2 N–H and O–H groups in total. The summed E-state index contributed by atoms with van der Waals surface area (Å²) < 4.78 is 0. The summed E-state index contributed by atoms with van der Waals surface area (Å²) in [6.45, 7) is 6.33. The van der Waals surface area contributed by atoms with Crippen LogP contribution in [0.1, 0.15) is 43.6 Å². The molecule has 4 nitrogen and oxygen atoms in total. The Morgan fingerprint density at radius 3 is 2.74 bits per heavy atom. The first-order valence-corrected chi connectivity index (χ1v) is 12.5. The third kappa shape index (κ3) is 3.28. The third-order valence-corrected chi connectivity index (χ3v) is 8.84. The molecule has 0 unspecified atom stereocenters. The molecule has 5 atom stereocenters. The van der Waals surface area contributed by atoms with Crippen molar-refractivity contribution in [1.29, 1.82) is 0 Å². The van der Waals surface area contributed by atoms with E-state index in [1.807, 2.05) is 0 Å². The van der Waals surface area contributed by atoms with E-state index in [1.165, 1.54) is 16.9 Å². The Morgan fingerprint density at radius 1 is 1.26 bits per heavy atom. The molecule has 1 aromatic heterocycles. The van der Waals surface area contributed by atoms with Crippen molar-refractivity contribution in [3.63, 3.8) is 0 Å². The maximum Gasteiger partial charge on any atom is 0.227 e. The molecule has 2 aromatic rings. The van der Waals surface area contributed by atoms with Gasteiger partial charge in [-0.1, -0.05) is 50.2 Å². The van der Waals surface area contributed by atoms with Gasteiger partial charge < -0.3 is 5.73 Å². The first-order chi connectivity index (χ1) is 14.9. The number of primary amides is 1. The summed E-state index contributed by atoms with van der Waals surface area (Å²) in [5.74, 6) is 1.13. The third-order valence-electron chi connectivity index (χ3n) is 7.96. The Balaban J connectivity index is 1.63. The van der Waals surface area contributed by atoms with Crippen molar-refractivity contribution in [2.75, 3.05) is 6.54 Å². The number of likely N-dealkylation sites (tertiary alicyclic amines) is 1. The highest BCUT2D eigenvalue weighted by molar-refractivity contribution is 7.09. The second kappa shape index (κ2) is 7.86. The van der Waals surface area contributed by atoms with Crippen LogP contribution >= 0.6 is 11.3 Å². The van der Waals surface area contributed by atoms with Crippen LogP contribution in [0, 0.1) is 23.2 Å². The van der Waals surface area contributed by atoms with Crippen LogP contribution in [0.4, 0.5) is 0 Å². The van der Waals surface area contributed by atoms with E-state index in [-0.39, 0.29) is 11.9 Å². The van der Waals surface area contributed by atoms with Gasteiger partial charge in [-0.25, -0.2) is 0 Å². The summed E-state index contributed by atoms with van der Waals surface area (Å²) in [7, 11) is 0. The number of carbonyl (C=O) groups excluding carboxylic acids is 1. The Kier molecular flexibility index (Phi) is 5.30. The second-order valence-corrected chi connectivity index (χ2v) is 11.3. The van der Waals surface area contributed by atoms with E-state index in [1.54, 1.807) is 11.3 Å². The smallest absolute Gasteiger partial charge is 0.227 e. The minimum Gasteiger partial charge on any atom is -0.369 e. The zero-order valence-electron chi connectivity index (χ0n) is 18.5. The summed E-state index contributed by atoms with van der Waals surface area (Å²) >= 11 is 1.77. The Labute approximate surface area is 189 Å². The molecule has 0 spiro atoms. The molecule has 1 aliphatic carbocycles. The summed E-state index contributed by atoms with van der Waals surface area (Å²) in [5, 5.41) is 2.13. The largest absolute Gasteiger partial charge is 0.369 e. The van der Waals surface area contributed by atoms with Crippen LogP contribution in [0.5, 0.6) is 0 Å². The molecule has 1 saturated carbocycles. The quantitative estimate of drug-likeness (QED) is 0.694. The number of nitrogens with zero attached hydrogens (tertiary/aromatic N) is 2. The number of thiophene rings is 1. The highest BCUT2D eigenvalue weighted by Gasteiger charge is 2.70. The zero-order valence-corrected chi connectivity index (χ0v) is 19.4. The van der Waals surface area contributed by atoms with Crippen LogP contribution in [0.25, 0.3) is 0 Å². The normalized spacial score (nSPS) is 34.4. The van der Waals surface area contributed by atoms with Crippen molar-refractivity contribution >= 4 is 23.5 Å². The lowest BCUT2D eigenvalue weighted by molar-refractivity contribution is -0.162. The number of amides is 1. The van der Waals surface area contributed by atoms with Crippen molar-refractivity contribution in [3.05, 3.63) is 58.3 Å². The average molecular weight is 436 g/mol. The molecule has 1 saturated heterocycles. The Bertz CT molecular complexity index is 956. The van der Waals surface area contributed by atoms with Gasteiger partial charge in [0, 0.05) is 36.0 Å². The lowest BCUT2D eigenvalue weighted by atomic mass is 9.46. The molecular formula is C26H33N3OS. The maximum atomic E-state index is 13.6. The Hall–Kier alpha value is -1.98. The molecule has 164 valence electrons. The number of nitrogens with two attached hydrogens (primary N) is 1. The van der Waals surface area contributed by atoms with Crippen LogP contribution in [0.2, 0.25) is 0 Å². The SMILES string of the molecule is CC(C)C[C@@]1(C(N)=O)[C@@H]2[C@@H]3C=N[C@]1(Cc1cccs1)C[C@@H]3CCN2Cc1ccccc1. The summed E-state index contributed by atoms with van der Waals surface area (Å²) in [4.78, 5) is 22.6. The number of piperidine rings is 1. The topological polar surface area (TPSA) is 58.7 Å². The highest BCUT2D eigenvalue weighted by atomic mass is 32.1. The van der Waals surface area contributed by atoms with E-state index in [4.69, 9.17) is 10.7 Å². The monoisotopic (exact) mass is 435 g/mol. The molecule has 5 heteroatoms. The van der Waals surface area contributed by atoms with Crippen LogP contribution in [0.3, 0.4) is 0 Å². The Morgan fingerprint density at radius 2 is 2.06 bits per heavy atom. The first kappa shape index (κ1) is 20.9. The number of rotatable bonds is 7. The van der Waals surface area contributed by atoms with Gasteiger partial charge in [-0.2, -0.15) is 0 Å². The minimum absolute atomic E-state index is 0.123. The predicted octanol–water partition coefficient (Wildman–Crippen LogP) is 4.54. The molecule has 6 rings (SSSR count). The van der Waals surface area contributed by atoms with Crippen molar-refractivity contribution in [1.82, 2.24) is 4.90 Å². The van der Waals surface area contributed by atoms with Gasteiger partial charge in [-0.3, -0.25) is 14.7 Å². The fraction of sp³-hybridized carbons (Fsp3) is 0.538. The predicted molar refractivity (Wildman–Crippen MR) is 127 cm³/mol. The lowest BCUT2D eigenvalue weighted by Crippen LogP contribution is -2.76. The van der Waals surface area contributed by atoms with Gasteiger partial charge in [0.1, 0.15) is 0 Å². The number of benzene rings is 1. The average Bonchev–Trinajstić information content (AvgIpc) is 3.25. The summed E-state index contributed by atoms with van der Waals surface area (Å²) in [5.41, 5.74) is 6.63. The van der Waals surface area contributed by atoms with Crippen molar-refractivity contribution in [2.24, 2.45) is 33.9 Å². The molecule has 4 heterocycles. The molecule has 31 heavy (non-hydrogen) atoms. The number of aliphatic imine (C=N–C) groups is 1. The standard InChI is InChI=1S/C26H33N3OS/c1-18(2)13-26(24(27)30)23-22-16-28-25(26,15-21-9-6-12-31-21)14-20(22)10-11-29(23)17-19-7-4-3-5-8-19/h3-9,12,16,18,20,22-23H,10-11,13-15,17H2,1-2H3,(H2,27,30)/t20-,22+,23-,25-,26-/m0/s1. The lowest BCUT2D eigenvalue weighted by Gasteiger charge is -2.66. The van der Waals surface area contributed by atoms with E-state index in [0.717, 1.165) is 32.4 Å². The zero-order chi connectivity index (χ0) is 21.6. The van der Waals surface area contributed by atoms with Gasteiger partial charge in [0.2, 0.25) is 5.91 Å².